The second kappa shape index (κ2) is 51.1. The fraction of sp³-hybridized carbons (Fsp3) is 0.733. The topological polar surface area (TPSA) is 108 Å². The van der Waals surface area contributed by atoms with Gasteiger partial charge >= 0.3 is 19.8 Å². The summed E-state index contributed by atoms with van der Waals surface area (Å²) in [7, 11) is 1.47. The summed E-state index contributed by atoms with van der Waals surface area (Å²) >= 11 is 0. The Kier molecular flexibility index (Phi) is 49.1. The number of phosphoric ester groups is 1. The number of carbonyl (C=O) groups excluding carboxylic acids is 2. The maximum Gasteiger partial charge on any atom is 0.472 e. The molecule has 0 aromatic carbocycles. The van der Waals surface area contributed by atoms with Crippen LogP contribution in [0.15, 0.2) is 85.1 Å². The van der Waals surface area contributed by atoms with E-state index in [1.165, 1.54) is 96.3 Å². The molecule has 0 radical (unpaired) electrons. The third kappa shape index (κ3) is 54.5. The summed E-state index contributed by atoms with van der Waals surface area (Å²) in [5, 5.41) is 0. The molecule has 0 heterocycles. The Labute approximate surface area is 431 Å². The number of hydrogen-bond donors (Lipinski definition) is 1. The summed E-state index contributed by atoms with van der Waals surface area (Å²) in [6, 6.07) is 0. The normalized spacial score (nSPS) is 14.0. The van der Waals surface area contributed by atoms with Gasteiger partial charge in [0.05, 0.1) is 27.7 Å². The minimum absolute atomic E-state index is 0.0272. The van der Waals surface area contributed by atoms with E-state index in [-0.39, 0.29) is 32.0 Å². The predicted molar refractivity (Wildman–Crippen MR) is 298 cm³/mol. The van der Waals surface area contributed by atoms with E-state index < -0.39 is 26.5 Å². The highest BCUT2D eigenvalue weighted by Crippen LogP contribution is 2.43. The molecule has 0 amide bonds. The molecule has 1 N–H and O–H groups in total. The first kappa shape index (κ1) is 67.2. The molecule has 0 saturated carbocycles. The molecule has 9 nitrogen and oxygen atoms in total. The Balaban J connectivity index is 4.05. The lowest BCUT2D eigenvalue weighted by atomic mass is 10.0. The van der Waals surface area contributed by atoms with Crippen molar-refractivity contribution in [2.45, 2.75) is 238 Å². The Bertz CT molecular complexity index is 1460. The van der Waals surface area contributed by atoms with Crippen LogP contribution in [0.5, 0.6) is 0 Å². The minimum atomic E-state index is -4.39. The van der Waals surface area contributed by atoms with Gasteiger partial charge in [0.1, 0.15) is 19.8 Å². The smallest absolute Gasteiger partial charge is 0.462 e. The van der Waals surface area contributed by atoms with Gasteiger partial charge in [-0.15, -0.1) is 0 Å². The zero-order chi connectivity index (χ0) is 51.3. The van der Waals surface area contributed by atoms with E-state index in [4.69, 9.17) is 18.5 Å². The second-order valence-corrected chi connectivity index (χ2v) is 21.4. The van der Waals surface area contributed by atoms with Crippen molar-refractivity contribution < 1.29 is 42.1 Å². The molecule has 10 heteroatoms. The van der Waals surface area contributed by atoms with Crippen LogP contribution in [0.3, 0.4) is 0 Å². The van der Waals surface area contributed by atoms with Gasteiger partial charge < -0.3 is 18.9 Å². The van der Waals surface area contributed by atoms with Crippen LogP contribution in [0.2, 0.25) is 0 Å². The van der Waals surface area contributed by atoms with Crippen LogP contribution in [0, 0.1) is 0 Å². The molecule has 0 rings (SSSR count). The van der Waals surface area contributed by atoms with Crippen LogP contribution in [0.1, 0.15) is 232 Å². The molecular weight excluding hydrogens is 894 g/mol. The summed E-state index contributed by atoms with van der Waals surface area (Å²) < 4.78 is 34.5. The fourth-order valence-corrected chi connectivity index (χ4v) is 8.29. The molecule has 0 bridgehead atoms. The van der Waals surface area contributed by atoms with Crippen molar-refractivity contribution in [3.63, 3.8) is 0 Å². The number of rotatable bonds is 51. The summed E-state index contributed by atoms with van der Waals surface area (Å²) in [5.41, 5.74) is 0. The Morgan fingerprint density at radius 3 is 1.21 bits per heavy atom. The first-order chi connectivity index (χ1) is 34.0. The number of quaternary nitrogens is 1. The van der Waals surface area contributed by atoms with Crippen molar-refractivity contribution >= 4 is 19.8 Å². The maximum absolute atomic E-state index is 12.8. The highest BCUT2D eigenvalue weighted by atomic mass is 31.2. The lowest BCUT2D eigenvalue weighted by Gasteiger charge is -2.24. The van der Waals surface area contributed by atoms with E-state index in [9.17, 15) is 19.0 Å². The van der Waals surface area contributed by atoms with Crippen LogP contribution < -0.4 is 0 Å². The Morgan fingerprint density at radius 2 is 0.814 bits per heavy atom. The molecule has 0 aromatic rings. The van der Waals surface area contributed by atoms with Crippen molar-refractivity contribution in [2.24, 2.45) is 0 Å². The predicted octanol–water partition coefficient (Wildman–Crippen LogP) is 17.5. The number of unbranched alkanes of at least 4 members (excludes halogenated alkanes) is 23. The first-order valence-corrected chi connectivity index (χ1v) is 29.8. The second-order valence-electron chi connectivity index (χ2n) is 19.9. The quantitative estimate of drug-likeness (QED) is 0.0211. The fourth-order valence-electron chi connectivity index (χ4n) is 7.55. The standard InChI is InChI=1S/C60H106NO8P/c1-6-8-10-12-14-16-18-20-21-22-23-24-25-26-27-28-29-30-31-32-33-34-35-36-37-38-39-41-43-45-47-49-51-53-60(63)69-58(57-68-70(64,65)67-55-54-61(3,4)5)56-66-59(62)52-50-48-46-44-42-40-19-17-15-13-11-9-7-2/h8,10-11,13-14,16-17,19-21,23-24,26-27,58H,6-7,9,12,15,18,22,25,28-57H2,1-5H3/p+1/b10-8-,13-11-,16-14-,19-17-,21-20-,24-23-,27-26-. The van der Waals surface area contributed by atoms with Crippen molar-refractivity contribution in [3.05, 3.63) is 85.1 Å². The molecule has 2 atom stereocenters. The van der Waals surface area contributed by atoms with Gasteiger partial charge in [-0.3, -0.25) is 18.6 Å². The average Bonchev–Trinajstić information content (AvgIpc) is 3.32. The van der Waals surface area contributed by atoms with Crippen LogP contribution >= 0.6 is 7.82 Å². The average molecular weight is 1000 g/mol. The molecule has 0 aliphatic heterocycles. The third-order valence-corrected chi connectivity index (χ3v) is 12.9. The molecule has 0 saturated heterocycles. The lowest BCUT2D eigenvalue weighted by Crippen LogP contribution is -2.37. The van der Waals surface area contributed by atoms with E-state index in [1.54, 1.807) is 0 Å². The molecule has 70 heavy (non-hydrogen) atoms. The number of carbonyl (C=O) groups is 2. The van der Waals surface area contributed by atoms with Gasteiger partial charge in [-0.25, -0.2) is 4.57 Å². The minimum Gasteiger partial charge on any atom is -0.462 e. The molecule has 404 valence electrons. The Morgan fingerprint density at radius 1 is 0.457 bits per heavy atom. The summed E-state index contributed by atoms with van der Waals surface area (Å²) in [5.74, 6) is -0.813. The van der Waals surface area contributed by atoms with E-state index in [0.29, 0.717) is 17.4 Å². The molecule has 2 unspecified atom stereocenters. The summed E-state index contributed by atoms with van der Waals surface area (Å²) in [6.45, 7) is 4.24. The van der Waals surface area contributed by atoms with Crippen LogP contribution in [-0.4, -0.2) is 74.9 Å². The largest absolute Gasteiger partial charge is 0.472 e. The Hall–Kier alpha value is -2.81. The number of nitrogens with zero attached hydrogens (tertiary/aromatic N) is 1. The molecule has 0 fully saturated rings. The maximum atomic E-state index is 12.8. The number of phosphoric acid groups is 1. The van der Waals surface area contributed by atoms with Crippen molar-refractivity contribution in [2.75, 3.05) is 47.5 Å². The third-order valence-electron chi connectivity index (χ3n) is 11.9. The zero-order valence-electron chi connectivity index (χ0n) is 45.7. The van der Waals surface area contributed by atoms with Gasteiger partial charge in [0, 0.05) is 12.8 Å². The van der Waals surface area contributed by atoms with E-state index in [0.717, 1.165) is 103 Å². The number of likely N-dealkylation sites (N-methyl/N-ethyl adjacent to an activating group) is 1. The molecule has 0 aromatic heterocycles. The van der Waals surface area contributed by atoms with Crippen LogP contribution in [0.4, 0.5) is 0 Å². The van der Waals surface area contributed by atoms with Crippen molar-refractivity contribution in [3.8, 4) is 0 Å². The van der Waals surface area contributed by atoms with Gasteiger partial charge in [-0.1, -0.05) is 221 Å². The van der Waals surface area contributed by atoms with Crippen molar-refractivity contribution in [1.82, 2.24) is 0 Å². The first-order valence-electron chi connectivity index (χ1n) is 28.3. The van der Waals surface area contributed by atoms with E-state index in [2.05, 4.69) is 98.9 Å². The van der Waals surface area contributed by atoms with Gasteiger partial charge in [0.25, 0.3) is 0 Å². The number of ether oxygens (including phenoxy) is 2. The summed E-state index contributed by atoms with van der Waals surface area (Å²) in [6.07, 6.45) is 68.1. The van der Waals surface area contributed by atoms with Gasteiger partial charge in [-0.05, 0) is 83.5 Å². The molecule has 0 spiro atoms. The highest BCUT2D eigenvalue weighted by molar-refractivity contribution is 7.47. The van der Waals surface area contributed by atoms with E-state index >= 15 is 0 Å². The van der Waals surface area contributed by atoms with E-state index in [1.807, 2.05) is 21.1 Å². The molecule has 0 aliphatic rings. The highest BCUT2D eigenvalue weighted by Gasteiger charge is 2.27. The SMILES string of the molecule is CC/C=C\C/C=C\C/C=C\C/C=C\C/C=C\CCCCCCCCCCCCCCCCCCCC(=O)OC(COC(=O)CCCCCCC/C=C\C/C=C\CCC)COP(=O)(O)OCC[N+](C)(C)C. The monoisotopic (exact) mass is 1000 g/mol. The number of esters is 2. The molecule has 0 aliphatic carbocycles. The number of hydrogen-bond acceptors (Lipinski definition) is 7. The van der Waals surface area contributed by atoms with Crippen LogP contribution in [-0.2, 0) is 32.7 Å². The number of allylic oxidation sites excluding steroid dienone is 14. The zero-order valence-corrected chi connectivity index (χ0v) is 46.6. The van der Waals surface area contributed by atoms with Crippen molar-refractivity contribution in [1.29, 1.82) is 0 Å². The van der Waals surface area contributed by atoms with Gasteiger partial charge in [0.2, 0.25) is 0 Å². The lowest BCUT2D eigenvalue weighted by molar-refractivity contribution is -0.870. The van der Waals surface area contributed by atoms with Gasteiger partial charge in [-0.2, -0.15) is 0 Å². The van der Waals surface area contributed by atoms with Gasteiger partial charge in [0.15, 0.2) is 6.10 Å². The van der Waals surface area contributed by atoms with Crippen LogP contribution in [0.25, 0.3) is 0 Å². The molecular formula is C60H107NO8P+. The summed E-state index contributed by atoms with van der Waals surface area (Å²) in [4.78, 5) is 35.6.